The van der Waals surface area contributed by atoms with Crippen molar-refractivity contribution < 1.29 is 12.8 Å². The molecule has 0 spiro atoms. The standard InChI is InChI=1S/C28H31FN6O2S/c1-3-18-14-24(34-25-15-31-28(35-27(18)25)33-20-10-8-19(30)9-11-20)22-13-12-21(32-17(22)2)16-38(36,37)26-7-5-4-6-23(26)29/h4-7,12-15,19-20H,3,8-11,16,30H2,1-2H3,(H,31,33,35). The first kappa shape index (κ1) is 26.1. The Labute approximate surface area is 221 Å². The van der Waals surface area contributed by atoms with E-state index in [0.29, 0.717) is 34.6 Å². The van der Waals surface area contributed by atoms with E-state index in [0.717, 1.165) is 54.8 Å². The molecule has 0 bridgehead atoms. The van der Waals surface area contributed by atoms with Gasteiger partial charge in [-0.3, -0.25) is 4.98 Å². The van der Waals surface area contributed by atoms with Crippen LogP contribution in [0, 0.1) is 12.7 Å². The van der Waals surface area contributed by atoms with Crippen LogP contribution < -0.4 is 11.1 Å². The molecule has 1 fully saturated rings. The Kier molecular flexibility index (Phi) is 7.36. The van der Waals surface area contributed by atoms with Crippen molar-refractivity contribution in [2.45, 2.75) is 68.7 Å². The molecule has 0 unspecified atom stereocenters. The lowest BCUT2D eigenvalue weighted by Crippen LogP contribution is -2.33. The van der Waals surface area contributed by atoms with E-state index >= 15 is 0 Å². The van der Waals surface area contributed by atoms with Gasteiger partial charge >= 0.3 is 0 Å². The number of nitrogens with one attached hydrogen (secondary N) is 1. The lowest BCUT2D eigenvalue weighted by molar-refractivity contribution is 0.410. The summed E-state index contributed by atoms with van der Waals surface area (Å²) in [6.45, 7) is 3.88. The van der Waals surface area contributed by atoms with Gasteiger partial charge in [0.2, 0.25) is 5.95 Å². The first-order valence-electron chi connectivity index (χ1n) is 12.9. The molecule has 0 radical (unpaired) electrons. The molecule has 3 N–H and O–H groups in total. The van der Waals surface area contributed by atoms with Gasteiger partial charge in [0.25, 0.3) is 0 Å². The Balaban J connectivity index is 1.41. The van der Waals surface area contributed by atoms with E-state index in [-0.39, 0.29) is 10.9 Å². The molecule has 3 aromatic heterocycles. The molecule has 0 amide bonds. The van der Waals surface area contributed by atoms with Crippen LogP contribution in [0.25, 0.3) is 22.3 Å². The number of hydrogen-bond acceptors (Lipinski definition) is 8. The van der Waals surface area contributed by atoms with Crippen LogP contribution in [0.5, 0.6) is 0 Å². The number of benzene rings is 1. The van der Waals surface area contributed by atoms with Gasteiger partial charge in [0.1, 0.15) is 16.2 Å². The third-order valence-corrected chi connectivity index (χ3v) is 8.72. The fourth-order valence-corrected chi connectivity index (χ4v) is 6.30. The van der Waals surface area contributed by atoms with E-state index in [1.807, 2.05) is 19.1 Å². The van der Waals surface area contributed by atoms with Gasteiger partial charge in [-0.15, -0.1) is 0 Å². The molecule has 1 aromatic carbocycles. The first-order valence-corrected chi connectivity index (χ1v) is 14.5. The molecular formula is C28H31FN6O2S. The van der Waals surface area contributed by atoms with Gasteiger partial charge in [-0.25, -0.2) is 27.8 Å². The summed E-state index contributed by atoms with van der Waals surface area (Å²) in [5.41, 5.74) is 11.0. The summed E-state index contributed by atoms with van der Waals surface area (Å²) in [5.74, 6) is -0.561. The van der Waals surface area contributed by atoms with Crippen molar-refractivity contribution >= 4 is 26.8 Å². The molecule has 0 saturated heterocycles. The molecule has 0 aliphatic heterocycles. The molecule has 4 aromatic rings. The van der Waals surface area contributed by atoms with E-state index in [1.54, 1.807) is 12.3 Å². The predicted molar refractivity (Wildman–Crippen MR) is 146 cm³/mol. The fourth-order valence-electron chi connectivity index (χ4n) is 4.95. The van der Waals surface area contributed by atoms with Gasteiger partial charge in [-0.2, -0.15) is 0 Å². The number of pyridine rings is 2. The zero-order valence-corrected chi connectivity index (χ0v) is 22.3. The molecule has 8 nitrogen and oxygen atoms in total. The summed E-state index contributed by atoms with van der Waals surface area (Å²) < 4.78 is 39.6. The third-order valence-electron chi connectivity index (χ3n) is 7.04. The maximum Gasteiger partial charge on any atom is 0.223 e. The van der Waals surface area contributed by atoms with Crippen molar-refractivity contribution in [1.82, 2.24) is 19.9 Å². The van der Waals surface area contributed by atoms with Crippen molar-refractivity contribution in [3.8, 4) is 11.3 Å². The molecule has 198 valence electrons. The molecular weight excluding hydrogens is 503 g/mol. The maximum absolute atomic E-state index is 14.1. The van der Waals surface area contributed by atoms with Gasteiger partial charge in [0, 0.05) is 23.3 Å². The summed E-state index contributed by atoms with van der Waals surface area (Å²) in [6.07, 6.45) is 6.50. The van der Waals surface area contributed by atoms with Crippen LogP contribution >= 0.6 is 0 Å². The smallest absolute Gasteiger partial charge is 0.223 e. The van der Waals surface area contributed by atoms with Crippen LogP contribution in [0.3, 0.4) is 0 Å². The van der Waals surface area contributed by atoms with Crippen LogP contribution in [0.4, 0.5) is 10.3 Å². The van der Waals surface area contributed by atoms with E-state index in [2.05, 4.69) is 22.2 Å². The van der Waals surface area contributed by atoms with E-state index < -0.39 is 21.4 Å². The highest BCUT2D eigenvalue weighted by atomic mass is 32.2. The van der Waals surface area contributed by atoms with Crippen molar-refractivity contribution in [3.63, 3.8) is 0 Å². The fraction of sp³-hybridized carbons (Fsp3) is 0.357. The SMILES string of the molecule is CCc1cc(-c2ccc(CS(=O)(=O)c3ccccc3F)nc2C)nc2cnc(NC3CCC(N)CC3)nc12. The number of fused-ring (bicyclic) bond motifs is 1. The van der Waals surface area contributed by atoms with Crippen LogP contribution in [-0.2, 0) is 22.0 Å². The molecule has 3 heterocycles. The van der Waals surface area contributed by atoms with Crippen LogP contribution in [-0.4, -0.2) is 40.4 Å². The van der Waals surface area contributed by atoms with Crippen LogP contribution in [0.2, 0.25) is 0 Å². The average molecular weight is 535 g/mol. The number of aromatic nitrogens is 4. The molecule has 1 aliphatic carbocycles. The van der Waals surface area contributed by atoms with Gasteiger partial charge in [0.05, 0.1) is 28.9 Å². The number of hydrogen-bond donors (Lipinski definition) is 2. The first-order chi connectivity index (χ1) is 18.2. The van der Waals surface area contributed by atoms with Crippen LogP contribution in [0.1, 0.15) is 49.6 Å². The predicted octanol–water partition coefficient (Wildman–Crippen LogP) is 4.75. The summed E-state index contributed by atoms with van der Waals surface area (Å²) in [6, 6.07) is 11.4. The summed E-state index contributed by atoms with van der Waals surface area (Å²) in [7, 11) is -3.88. The summed E-state index contributed by atoms with van der Waals surface area (Å²) >= 11 is 0. The van der Waals surface area contributed by atoms with Crippen molar-refractivity contribution in [2.24, 2.45) is 5.73 Å². The molecule has 5 rings (SSSR count). The molecule has 1 saturated carbocycles. The van der Waals surface area contributed by atoms with E-state index in [9.17, 15) is 12.8 Å². The largest absolute Gasteiger partial charge is 0.351 e. The number of sulfone groups is 1. The van der Waals surface area contributed by atoms with Crippen molar-refractivity contribution in [3.05, 3.63) is 71.4 Å². The zero-order valence-electron chi connectivity index (χ0n) is 21.5. The Morgan fingerprint density at radius 3 is 2.53 bits per heavy atom. The van der Waals surface area contributed by atoms with Gasteiger partial charge in [-0.05, 0) is 74.9 Å². The molecule has 0 atom stereocenters. The second kappa shape index (κ2) is 10.7. The number of halogens is 1. The van der Waals surface area contributed by atoms with Crippen molar-refractivity contribution in [1.29, 1.82) is 0 Å². The van der Waals surface area contributed by atoms with Crippen molar-refractivity contribution in [2.75, 3.05) is 5.32 Å². The minimum Gasteiger partial charge on any atom is -0.351 e. The second-order valence-corrected chi connectivity index (χ2v) is 11.8. The van der Waals surface area contributed by atoms with Gasteiger partial charge in [-0.1, -0.05) is 19.1 Å². The Morgan fingerprint density at radius 1 is 1.05 bits per heavy atom. The Hall–Kier alpha value is -3.50. The minimum atomic E-state index is -3.88. The summed E-state index contributed by atoms with van der Waals surface area (Å²) in [4.78, 5) is 18.3. The lowest BCUT2D eigenvalue weighted by atomic mass is 9.92. The quantitative estimate of drug-likeness (QED) is 0.348. The number of nitrogens with two attached hydrogens (primary N) is 1. The van der Waals surface area contributed by atoms with Gasteiger partial charge in [0.15, 0.2) is 9.84 Å². The normalized spacial score (nSPS) is 18.0. The number of nitrogens with zero attached hydrogens (tertiary/aromatic N) is 4. The monoisotopic (exact) mass is 534 g/mol. The van der Waals surface area contributed by atoms with E-state index in [1.165, 1.54) is 18.2 Å². The Morgan fingerprint density at radius 2 is 1.82 bits per heavy atom. The lowest BCUT2D eigenvalue weighted by Gasteiger charge is -2.26. The molecule has 10 heteroatoms. The third kappa shape index (κ3) is 5.51. The number of anilines is 1. The highest BCUT2D eigenvalue weighted by Crippen LogP contribution is 2.28. The van der Waals surface area contributed by atoms with E-state index in [4.69, 9.17) is 15.7 Å². The average Bonchev–Trinajstić information content (AvgIpc) is 2.89. The topological polar surface area (TPSA) is 124 Å². The second-order valence-electron chi connectivity index (χ2n) is 9.83. The molecule has 38 heavy (non-hydrogen) atoms. The Bertz CT molecular complexity index is 1590. The molecule has 1 aliphatic rings. The maximum atomic E-state index is 14.1. The highest BCUT2D eigenvalue weighted by molar-refractivity contribution is 7.90. The summed E-state index contributed by atoms with van der Waals surface area (Å²) in [5, 5.41) is 3.45. The van der Waals surface area contributed by atoms with Crippen LogP contribution in [0.15, 0.2) is 53.6 Å². The highest BCUT2D eigenvalue weighted by Gasteiger charge is 2.22. The minimum absolute atomic E-state index is 0.281. The van der Waals surface area contributed by atoms with Gasteiger partial charge < -0.3 is 11.1 Å². The zero-order chi connectivity index (χ0) is 26.9. The number of aryl methyl sites for hydroxylation is 2. The number of rotatable bonds is 7.